The van der Waals surface area contributed by atoms with Crippen LogP contribution in [0.4, 0.5) is 5.69 Å². The second-order valence-corrected chi connectivity index (χ2v) is 13.8. The van der Waals surface area contributed by atoms with E-state index in [0.29, 0.717) is 0 Å². The molecule has 1 aliphatic heterocycles. The molecule has 1 aromatic rings. The molecule has 1 heterocycles. The predicted octanol–water partition coefficient (Wildman–Crippen LogP) is 5.43. The third kappa shape index (κ3) is 3.02. The minimum absolute atomic E-state index is 0.158. The highest BCUT2D eigenvalue weighted by molar-refractivity contribution is 8.28. The lowest BCUT2D eigenvalue weighted by Crippen LogP contribution is -2.41. The van der Waals surface area contributed by atoms with Gasteiger partial charge in [-0.3, -0.25) is 4.99 Å². The molecule has 0 bridgehead atoms. The van der Waals surface area contributed by atoms with Gasteiger partial charge in [0.25, 0.3) is 0 Å². The first kappa shape index (κ1) is 15.8. The lowest BCUT2D eigenvalue weighted by molar-refractivity contribution is 0.203. The van der Waals surface area contributed by atoms with Gasteiger partial charge in [0.2, 0.25) is 0 Å². The largest absolute Gasteiger partial charge is 0.410 e. The lowest BCUT2D eigenvalue weighted by atomic mass is 10.1. The molecule has 0 aromatic heterocycles. The van der Waals surface area contributed by atoms with Crippen molar-refractivity contribution >= 4 is 30.4 Å². The van der Waals surface area contributed by atoms with Crippen LogP contribution in [-0.2, 0) is 4.43 Å². The summed E-state index contributed by atoms with van der Waals surface area (Å²) >= 11 is 0. The molecule has 2 rings (SSSR count). The zero-order valence-electron chi connectivity index (χ0n) is 13.7. The summed E-state index contributed by atoms with van der Waals surface area (Å²) < 4.78 is 6.49. The number of rotatable bonds is 3. The smallest absolute Gasteiger partial charge is 0.192 e. The summed E-state index contributed by atoms with van der Waals surface area (Å²) in [5.74, 6) is 0. The van der Waals surface area contributed by atoms with Crippen LogP contribution in [0.3, 0.4) is 0 Å². The van der Waals surface area contributed by atoms with E-state index in [0.717, 1.165) is 5.69 Å². The maximum absolute atomic E-state index is 6.49. The minimum Gasteiger partial charge on any atom is -0.410 e. The Kier molecular flexibility index (Phi) is 4.20. The Morgan fingerprint density at radius 1 is 1.25 bits per heavy atom. The fourth-order valence-electron chi connectivity index (χ4n) is 2.08. The molecule has 0 radical (unpaired) electrons. The molecule has 0 fully saturated rings. The van der Waals surface area contributed by atoms with Gasteiger partial charge in [-0.25, -0.2) is 0 Å². The summed E-state index contributed by atoms with van der Waals surface area (Å²) in [6.45, 7) is 13.7. The van der Waals surface area contributed by atoms with Gasteiger partial charge in [0.05, 0.1) is 11.8 Å². The molecule has 4 heteroatoms. The number of fused-ring (bicyclic) bond motifs is 1. The number of thiol groups is 1. The van der Waals surface area contributed by atoms with E-state index in [2.05, 4.69) is 75.8 Å². The van der Waals surface area contributed by atoms with Gasteiger partial charge in [-0.1, -0.05) is 26.8 Å². The molecular weight excluding hydrogens is 282 g/mol. The second kappa shape index (κ2) is 5.32. The van der Waals surface area contributed by atoms with Crippen LogP contribution in [0.25, 0.3) is 0 Å². The number of benzene rings is 1. The van der Waals surface area contributed by atoms with E-state index in [1.807, 2.05) is 0 Å². The molecule has 2 unspecified atom stereocenters. The van der Waals surface area contributed by atoms with Gasteiger partial charge in [0.1, 0.15) is 0 Å². The molecule has 1 aromatic carbocycles. The number of nitrogens with zero attached hydrogens (tertiary/aromatic N) is 1. The third-order valence-electron chi connectivity index (χ3n) is 4.50. The van der Waals surface area contributed by atoms with Crippen LogP contribution >= 0.6 is 10.9 Å². The van der Waals surface area contributed by atoms with Gasteiger partial charge in [0.15, 0.2) is 8.32 Å². The first-order valence-electron chi connectivity index (χ1n) is 7.20. The summed E-state index contributed by atoms with van der Waals surface area (Å²) in [7, 11) is -1.93. The maximum atomic E-state index is 6.49. The van der Waals surface area contributed by atoms with Crippen molar-refractivity contribution in [3.05, 3.63) is 23.8 Å². The summed E-state index contributed by atoms with van der Waals surface area (Å²) in [6.07, 6.45) is 2.42. The summed E-state index contributed by atoms with van der Waals surface area (Å²) in [5.41, 5.74) is 4.51. The molecule has 0 spiro atoms. The Morgan fingerprint density at radius 2 is 1.90 bits per heavy atom. The predicted molar refractivity (Wildman–Crippen MR) is 94.5 cm³/mol. The molecule has 112 valence electrons. The topological polar surface area (TPSA) is 21.6 Å². The highest BCUT2D eigenvalue weighted by Crippen LogP contribution is 2.45. The molecule has 2 atom stereocenters. The van der Waals surface area contributed by atoms with Crippen LogP contribution in [0.1, 0.15) is 39.4 Å². The van der Waals surface area contributed by atoms with Crippen molar-refractivity contribution in [2.24, 2.45) is 4.99 Å². The van der Waals surface area contributed by atoms with Crippen molar-refractivity contribution in [3.63, 3.8) is 0 Å². The molecule has 0 amide bonds. The number of hydrogen-bond acceptors (Lipinski definition) is 2. The van der Waals surface area contributed by atoms with Crippen LogP contribution in [0.5, 0.6) is 0 Å². The van der Waals surface area contributed by atoms with Gasteiger partial charge < -0.3 is 4.43 Å². The molecule has 1 aliphatic rings. The van der Waals surface area contributed by atoms with E-state index in [9.17, 15) is 0 Å². The zero-order chi connectivity index (χ0) is 15.1. The van der Waals surface area contributed by atoms with Crippen LogP contribution in [0.2, 0.25) is 18.1 Å². The van der Waals surface area contributed by atoms with Crippen LogP contribution in [-0.4, -0.2) is 20.1 Å². The Hall–Kier alpha value is -0.583. The summed E-state index contributed by atoms with van der Waals surface area (Å²) in [5, 5.41) is 0.248. The molecule has 0 aliphatic carbocycles. The van der Waals surface area contributed by atoms with Crippen molar-refractivity contribution in [2.75, 3.05) is 6.26 Å². The number of hydrogen-bond donors (Lipinski definition) is 1. The minimum atomic E-state index is -1.72. The van der Waals surface area contributed by atoms with Gasteiger partial charge >= 0.3 is 0 Å². The second-order valence-electron chi connectivity index (χ2n) is 7.12. The van der Waals surface area contributed by atoms with Crippen LogP contribution < -0.4 is 0 Å². The molecule has 0 saturated heterocycles. The van der Waals surface area contributed by atoms with E-state index in [4.69, 9.17) is 4.43 Å². The van der Waals surface area contributed by atoms with Gasteiger partial charge in [-0.15, -0.1) is 0 Å². The SMILES string of the molecule is CC(O[Si](C)(C)C(C)(C)C)c1ccc2c(c1)[SH](C)C=N2. The van der Waals surface area contributed by atoms with Crippen LogP contribution in [0, 0.1) is 0 Å². The van der Waals surface area contributed by atoms with Gasteiger partial charge in [0, 0.05) is 10.4 Å². The highest BCUT2D eigenvalue weighted by Gasteiger charge is 2.38. The first-order valence-corrected chi connectivity index (χ1v) is 12.0. The Labute approximate surface area is 127 Å². The van der Waals surface area contributed by atoms with Crippen molar-refractivity contribution in [3.8, 4) is 0 Å². The average molecular weight is 310 g/mol. The van der Waals surface area contributed by atoms with Crippen molar-refractivity contribution in [2.45, 2.75) is 56.8 Å². The fraction of sp³-hybridized carbons (Fsp3) is 0.562. The van der Waals surface area contributed by atoms with E-state index in [1.165, 1.54) is 10.5 Å². The van der Waals surface area contributed by atoms with Crippen molar-refractivity contribution in [1.29, 1.82) is 0 Å². The highest BCUT2D eigenvalue weighted by atomic mass is 32.2. The molecule has 2 nitrogen and oxygen atoms in total. The lowest BCUT2D eigenvalue weighted by Gasteiger charge is -2.38. The van der Waals surface area contributed by atoms with E-state index < -0.39 is 8.32 Å². The van der Waals surface area contributed by atoms with E-state index >= 15 is 0 Å². The monoisotopic (exact) mass is 309 g/mol. The maximum Gasteiger partial charge on any atom is 0.192 e. The van der Waals surface area contributed by atoms with Gasteiger partial charge in [-0.2, -0.15) is 10.9 Å². The molecule has 0 N–H and O–H groups in total. The quantitative estimate of drug-likeness (QED) is 0.583. The first-order chi connectivity index (χ1) is 9.12. The molecule has 0 saturated carbocycles. The summed E-state index contributed by atoms with van der Waals surface area (Å²) in [6, 6.07) is 6.60. The van der Waals surface area contributed by atoms with E-state index in [-0.39, 0.29) is 22.0 Å². The Balaban J connectivity index is 2.19. The Morgan fingerprint density at radius 3 is 2.50 bits per heavy atom. The van der Waals surface area contributed by atoms with Crippen LogP contribution in [0.15, 0.2) is 28.1 Å². The van der Waals surface area contributed by atoms with Crippen molar-refractivity contribution < 1.29 is 4.43 Å². The molecular formula is C16H27NOSSi. The Bertz CT molecular complexity index is 534. The summed E-state index contributed by atoms with van der Waals surface area (Å²) in [4.78, 5) is 5.86. The molecule has 20 heavy (non-hydrogen) atoms. The third-order valence-corrected chi connectivity index (χ3v) is 10.6. The fourth-order valence-corrected chi connectivity index (χ4v) is 4.72. The van der Waals surface area contributed by atoms with Crippen molar-refractivity contribution in [1.82, 2.24) is 0 Å². The van der Waals surface area contributed by atoms with Gasteiger partial charge in [-0.05, 0) is 49.0 Å². The average Bonchev–Trinajstić information content (AvgIpc) is 2.68. The number of aliphatic imine (C=N–C) groups is 1. The van der Waals surface area contributed by atoms with E-state index in [1.54, 1.807) is 0 Å². The standard InChI is InChI=1S/C16H27NOSSi/c1-12(18-20(6,7)16(2,3)4)13-8-9-14-15(10-13)19(5)11-17-14/h8-12,19H,1-7H3. The normalized spacial score (nSPS) is 21.9. The zero-order valence-corrected chi connectivity index (χ0v) is 15.6.